The SMILES string of the molecule is CCN(Cc1ccccc1)c1ccc(C=CC(=O)c2ccc3cc(OC)ccc3c2)cc1. The Labute approximate surface area is 189 Å². The van der Waals surface area contributed by atoms with Gasteiger partial charge in [0.05, 0.1) is 7.11 Å². The maximum absolute atomic E-state index is 12.7. The van der Waals surface area contributed by atoms with Crippen LogP contribution in [0.5, 0.6) is 5.75 Å². The molecule has 0 aliphatic rings. The second kappa shape index (κ2) is 9.97. The van der Waals surface area contributed by atoms with Crippen molar-refractivity contribution in [2.24, 2.45) is 0 Å². The molecule has 4 aromatic rings. The van der Waals surface area contributed by atoms with Crippen LogP contribution in [0.25, 0.3) is 16.8 Å². The summed E-state index contributed by atoms with van der Waals surface area (Å²) < 4.78 is 5.27. The Morgan fingerprint density at radius 1 is 0.875 bits per heavy atom. The highest BCUT2D eigenvalue weighted by atomic mass is 16.5. The number of carbonyl (C=O) groups is 1. The molecule has 0 spiro atoms. The molecule has 0 unspecified atom stereocenters. The number of rotatable bonds is 8. The van der Waals surface area contributed by atoms with E-state index in [1.54, 1.807) is 13.2 Å². The second-order valence-electron chi connectivity index (χ2n) is 7.72. The summed E-state index contributed by atoms with van der Waals surface area (Å²) >= 11 is 0. The number of carbonyl (C=O) groups excluding carboxylic acids is 1. The van der Waals surface area contributed by atoms with E-state index >= 15 is 0 Å². The first-order valence-corrected chi connectivity index (χ1v) is 10.9. The summed E-state index contributed by atoms with van der Waals surface area (Å²) in [5, 5.41) is 2.07. The monoisotopic (exact) mass is 421 g/mol. The van der Waals surface area contributed by atoms with Gasteiger partial charge in [-0.1, -0.05) is 66.7 Å². The topological polar surface area (TPSA) is 29.5 Å². The minimum atomic E-state index is -0.00828. The van der Waals surface area contributed by atoms with Crippen LogP contribution >= 0.6 is 0 Å². The lowest BCUT2D eigenvalue weighted by Gasteiger charge is -2.23. The Morgan fingerprint density at radius 3 is 2.31 bits per heavy atom. The third-order valence-electron chi connectivity index (χ3n) is 5.62. The quantitative estimate of drug-likeness (QED) is 0.232. The minimum Gasteiger partial charge on any atom is -0.497 e. The van der Waals surface area contributed by atoms with Crippen molar-refractivity contribution in [3.8, 4) is 5.75 Å². The van der Waals surface area contributed by atoms with Gasteiger partial charge in [-0.3, -0.25) is 4.79 Å². The fraction of sp³-hybridized carbons (Fsp3) is 0.138. The van der Waals surface area contributed by atoms with Gasteiger partial charge in [-0.05, 0) is 65.2 Å². The van der Waals surface area contributed by atoms with E-state index in [0.29, 0.717) is 5.56 Å². The van der Waals surface area contributed by atoms with Crippen LogP contribution in [-0.2, 0) is 6.54 Å². The smallest absolute Gasteiger partial charge is 0.185 e. The molecule has 0 saturated carbocycles. The average molecular weight is 422 g/mol. The van der Waals surface area contributed by atoms with Gasteiger partial charge >= 0.3 is 0 Å². The summed E-state index contributed by atoms with van der Waals surface area (Å²) in [4.78, 5) is 15.0. The van der Waals surface area contributed by atoms with Crippen LogP contribution in [0.1, 0.15) is 28.4 Å². The van der Waals surface area contributed by atoms with Gasteiger partial charge in [0.15, 0.2) is 5.78 Å². The lowest BCUT2D eigenvalue weighted by atomic mass is 10.0. The highest BCUT2D eigenvalue weighted by Gasteiger charge is 2.06. The van der Waals surface area contributed by atoms with Crippen molar-refractivity contribution in [2.45, 2.75) is 13.5 Å². The Bertz CT molecular complexity index is 1230. The van der Waals surface area contributed by atoms with Crippen molar-refractivity contribution in [3.63, 3.8) is 0 Å². The Balaban J connectivity index is 1.45. The minimum absolute atomic E-state index is 0.00828. The third kappa shape index (κ3) is 5.06. The van der Waals surface area contributed by atoms with Crippen LogP contribution in [0.4, 0.5) is 5.69 Å². The Morgan fingerprint density at radius 2 is 1.59 bits per heavy atom. The number of fused-ring (bicyclic) bond motifs is 1. The number of hydrogen-bond acceptors (Lipinski definition) is 3. The van der Waals surface area contributed by atoms with Gasteiger partial charge in [0.1, 0.15) is 5.75 Å². The van der Waals surface area contributed by atoms with Gasteiger partial charge in [-0.2, -0.15) is 0 Å². The lowest BCUT2D eigenvalue weighted by Crippen LogP contribution is -2.21. The molecule has 160 valence electrons. The number of allylic oxidation sites excluding steroid dienone is 1. The molecule has 0 bridgehead atoms. The molecule has 32 heavy (non-hydrogen) atoms. The van der Waals surface area contributed by atoms with E-state index in [2.05, 4.69) is 60.4 Å². The summed E-state index contributed by atoms with van der Waals surface area (Å²) in [5.74, 6) is 0.802. The third-order valence-corrected chi connectivity index (χ3v) is 5.62. The summed E-state index contributed by atoms with van der Waals surface area (Å²) in [6.45, 7) is 3.96. The van der Waals surface area contributed by atoms with Crippen LogP contribution < -0.4 is 9.64 Å². The van der Waals surface area contributed by atoms with Gasteiger partial charge in [0.2, 0.25) is 0 Å². The fourth-order valence-corrected chi connectivity index (χ4v) is 3.76. The van der Waals surface area contributed by atoms with Crippen molar-refractivity contribution < 1.29 is 9.53 Å². The zero-order chi connectivity index (χ0) is 22.3. The normalized spacial score (nSPS) is 11.1. The van der Waals surface area contributed by atoms with E-state index < -0.39 is 0 Å². The zero-order valence-electron chi connectivity index (χ0n) is 18.5. The Hall–Kier alpha value is -3.85. The molecule has 3 heteroatoms. The van der Waals surface area contributed by atoms with Gasteiger partial charge in [-0.25, -0.2) is 0 Å². The van der Waals surface area contributed by atoms with Crippen LogP contribution in [0.15, 0.2) is 97.1 Å². The van der Waals surface area contributed by atoms with Crippen molar-refractivity contribution in [1.82, 2.24) is 0 Å². The summed E-state index contributed by atoms with van der Waals surface area (Å²) in [6, 6.07) is 30.4. The summed E-state index contributed by atoms with van der Waals surface area (Å²) in [6.07, 6.45) is 3.51. The number of nitrogens with zero attached hydrogens (tertiary/aromatic N) is 1. The average Bonchev–Trinajstić information content (AvgIpc) is 2.86. The number of ketones is 1. The number of anilines is 1. The molecular formula is C29H27NO2. The van der Waals surface area contributed by atoms with Crippen LogP contribution in [-0.4, -0.2) is 19.4 Å². The first kappa shape index (κ1) is 21.4. The Kier molecular flexibility index (Phi) is 6.66. The molecule has 3 nitrogen and oxygen atoms in total. The molecule has 0 saturated heterocycles. The van der Waals surface area contributed by atoms with E-state index in [4.69, 9.17) is 4.74 Å². The molecule has 0 amide bonds. The summed E-state index contributed by atoms with van der Waals surface area (Å²) in [5.41, 5.74) is 4.14. The maximum atomic E-state index is 12.7. The van der Waals surface area contributed by atoms with Crippen LogP contribution in [0.3, 0.4) is 0 Å². The molecule has 0 aliphatic heterocycles. The maximum Gasteiger partial charge on any atom is 0.185 e. The predicted molar refractivity (Wildman–Crippen MR) is 133 cm³/mol. The van der Waals surface area contributed by atoms with Gasteiger partial charge in [-0.15, -0.1) is 0 Å². The highest BCUT2D eigenvalue weighted by Crippen LogP contribution is 2.23. The van der Waals surface area contributed by atoms with Crippen molar-refractivity contribution >= 4 is 28.3 Å². The first-order valence-electron chi connectivity index (χ1n) is 10.9. The van der Waals surface area contributed by atoms with Crippen molar-refractivity contribution in [1.29, 1.82) is 0 Å². The van der Waals surface area contributed by atoms with Gasteiger partial charge < -0.3 is 9.64 Å². The zero-order valence-corrected chi connectivity index (χ0v) is 18.5. The number of benzene rings is 4. The van der Waals surface area contributed by atoms with Gasteiger partial charge in [0.25, 0.3) is 0 Å². The second-order valence-corrected chi connectivity index (χ2v) is 7.72. The van der Waals surface area contributed by atoms with Crippen molar-refractivity contribution in [2.75, 3.05) is 18.6 Å². The van der Waals surface area contributed by atoms with Crippen LogP contribution in [0, 0.1) is 0 Å². The predicted octanol–water partition coefficient (Wildman–Crippen LogP) is 6.77. The molecule has 0 fully saturated rings. The van der Waals surface area contributed by atoms with Gasteiger partial charge in [0, 0.05) is 24.3 Å². The number of hydrogen-bond donors (Lipinski definition) is 0. The number of ether oxygens (including phenoxy) is 1. The molecule has 0 N–H and O–H groups in total. The molecule has 0 radical (unpaired) electrons. The molecule has 4 rings (SSSR count). The fourth-order valence-electron chi connectivity index (χ4n) is 3.76. The van der Waals surface area contributed by atoms with E-state index in [0.717, 1.165) is 35.2 Å². The standard InChI is InChI=1S/C29H27NO2/c1-3-30(21-23-7-5-4-6-8-23)27-15-9-22(10-16-27)11-18-29(31)26-13-12-25-20-28(32-2)17-14-24(25)19-26/h4-20H,3,21H2,1-2H3. The lowest BCUT2D eigenvalue weighted by molar-refractivity contribution is 0.104. The first-order chi connectivity index (χ1) is 15.7. The van der Waals surface area contributed by atoms with Crippen molar-refractivity contribution in [3.05, 3.63) is 114 Å². The van der Waals surface area contributed by atoms with E-state index in [9.17, 15) is 4.79 Å². The molecule has 4 aromatic carbocycles. The molecule has 0 heterocycles. The molecular weight excluding hydrogens is 394 g/mol. The molecule has 0 atom stereocenters. The number of methoxy groups -OCH3 is 1. The highest BCUT2D eigenvalue weighted by molar-refractivity contribution is 6.08. The van der Waals surface area contributed by atoms with E-state index in [1.165, 1.54) is 11.3 Å². The largest absolute Gasteiger partial charge is 0.497 e. The summed E-state index contributed by atoms with van der Waals surface area (Å²) in [7, 11) is 1.65. The molecule has 0 aliphatic carbocycles. The van der Waals surface area contributed by atoms with E-state index in [-0.39, 0.29) is 5.78 Å². The van der Waals surface area contributed by atoms with Crippen LogP contribution in [0.2, 0.25) is 0 Å². The van der Waals surface area contributed by atoms with E-state index in [1.807, 2.05) is 48.5 Å². The molecule has 0 aromatic heterocycles.